The van der Waals surface area contributed by atoms with Crippen LogP contribution in [0.3, 0.4) is 0 Å². The molecule has 1 aromatic heterocycles. The second-order valence-electron chi connectivity index (χ2n) is 6.83. The van der Waals surface area contributed by atoms with Crippen LogP contribution in [0.1, 0.15) is 36.2 Å². The largest absolute Gasteiger partial charge is 0.457 e. The first kappa shape index (κ1) is 15.6. The summed E-state index contributed by atoms with van der Waals surface area (Å²) in [5, 5.41) is 5.03. The number of hydrogen-bond donors (Lipinski definition) is 0. The van der Waals surface area contributed by atoms with Crippen LogP contribution in [0.5, 0.6) is 0 Å². The van der Waals surface area contributed by atoms with E-state index in [-0.39, 0.29) is 12.6 Å². The van der Waals surface area contributed by atoms with Crippen molar-refractivity contribution in [3.63, 3.8) is 0 Å². The summed E-state index contributed by atoms with van der Waals surface area (Å²) in [5.41, 5.74) is 1.07. The number of rotatable bonds is 4. The summed E-state index contributed by atoms with van der Waals surface area (Å²) in [5.74, 6) is -0.391. The first-order chi connectivity index (χ1) is 11.7. The number of benzene rings is 1. The molecule has 2 aliphatic heterocycles. The molecule has 0 N–H and O–H groups in total. The van der Waals surface area contributed by atoms with E-state index >= 15 is 0 Å². The summed E-state index contributed by atoms with van der Waals surface area (Å²) < 4.78 is 20.1. The zero-order chi connectivity index (χ0) is 16.7. The molecule has 5 nitrogen and oxygen atoms in total. The van der Waals surface area contributed by atoms with Crippen molar-refractivity contribution in [2.75, 3.05) is 13.7 Å². The maximum atomic E-state index is 12.7. The van der Waals surface area contributed by atoms with Gasteiger partial charge >= 0.3 is 5.97 Å². The van der Waals surface area contributed by atoms with Gasteiger partial charge in [0.15, 0.2) is 5.69 Å². The number of carbonyl (C=O) groups is 1. The highest BCUT2D eigenvalue weighted by Crippen LogP contribution is 2.35. The Labute approximate surface area is 140 Å². The third-order valence-corrected chi connectivity index (χ3v) is 5.48. The number of esters is 1. The lowest BCUT2D eigenvalue weighted by atomic mass is 10.0. The quantitative estimate of drug-likeness (QED) is 0.808. The molecule has 6 heteroatoms. The summed E-state index contributed by atoms with van der Waals surface area (Å²) in [6.07, 6.45) is 4.10. The minimum atomic E-state index is -0.515. The molecule has 0 aliphatic carbocycles. The number of aromatic nitrogens is 2. The van der Waals surface area contributed by atoms with E-state index in [9.17, 15) is 9.18 Å². The zero-order valence-electron chi connectivity index (χ0n) is 13.8. The molecule has 3 atom stereocenters. The topological polar surface area (TPSA) is 47.4 Å². The van der Waals surface area contributed by atoms with Crippen LogP contribution < -0.4 is 0 Å². The van der Waals surface area contributed by atoms with Gasteiger partial charge in [-0.15, -0.1) is 0 Å². The predicted molar refractivity (Wildman–Crippen MR) is 88.7 cm³/mol. The molecule has 0 amide bonds. The highest BCUT2D eigenvalue weighted by atomic mass is 19.1. The fourth-order valence-electron chi connectivity index (χ4n) is 4.19. The first-order valence-electron chi connectivity index (χ1n) is 8.62. The van der Waals surface area contributed by atoms with Crippen LogP contribution in [0, 0.1) is 0 Å². The van der Waals surface area contributed by atoms with Crippen molar-refractivity contribution in [3.8, 4) is 0 Å². The lowest BCUT2D eigenvalue weighted by molar-refractivity contribution is -0.000891. The summed E-state index contributed by atoms with van der Waals surface area (Å²) in [6.45, 7) is -0.370. The van der Waals surface area contributed by atoms with E-state index in [2.05, 4.69) is 17.0 Å². The fourth-order valence-corrected chi connectivity index (χ4v) is 4.19. The molecular weight excluding hydrogens is 309 g/mol. The first-order valence-corrected chi connectivity index (χ1v) is 8.62. The average molecular weight is 331 g/mol. The van der Waals surface area contributed by atoms with Gasteiger partial charge in [-0.1, -0.05) is 18.2 Å². The monoisotopic (exact) mass is 331 g/mol. The van der Waals surface area contributed by atoms with Gasteiger partial charge in [0.1, 0.15) is 12.8 Å². The molecule has 24 heavy (non-hydrogen) atoms. The Bertz CT molecular complexity index is 746. The van der Waals surface area contributed by atoms with Gasteiger partial charge in [-0.05, 0) is 26.0 Å². The molecule has 0 radical (unpaired) electrons. The Kier molecular flexibility index (Phi) is 4.00. The summed E-state index contributed by atoms with van der Waals surface area (Å²) in [4.78, 5) is 15.1. The minimum Gasteiger partial charge on any atom is -0.457 e. The van der Waals surface area contributed by atoms with E-state index in [0.717, 1.165) is 23.7 Å². The molecule has 2 fully saturated rings. The molecule has 2 bridgehead atoms. The summed E-state index contributed by atoms with van der Waals surface area (Å²) in [6, 6.07) is 8.44. The fraction of sp³-hybridized carbons (Fsp3) is 0.556. The SMILES string of the molecule is CN1[C@@H]2CC[C@H]1C[C@H](OC(=O)c1nn(CCF)c3ccccc13)C2. The molecule has 4 rings (SSSR count). The number of piperidine rings is 1. The number of alkyl halides is 1. The van der Waals surface area contributed by atoms with Crippen molar-refractivity contribution in [1.82, 2.24) is 14.7 Å². The Morgan fingerprint density at radius 1 is 1.29 bits per heavy atom. The number of nitrogens with zero attached hydrogens (tertiary/aromatic N) is 3. The Balaban J connectivity index is 1.56. The van der Waals surface area contributed by atoms with Gasteiger partial charge in [-0.25, -0.2) is 9.18 Å². The maximum absolute atomic E-state index is 12.7. The number of ether oxygens (including phenoxy) is 1. The number of halogens is 1. The Morgan fingerprint density at radius 3 is 2.71 bits per heavy atom. The molecule has 0 spiro atoms. The lowest BCUT2D eigenvalue weighted by Crippen LogP contribution is -2.43. The van der Waals surface area contributed by atoms with Crippen molar-refractivity contribution in [2.24, 2.45) is 0 Å². The predicted octanol–water partition coefficient (Wildman–Crippen LogP) is 2.79. The van der Waals surface area contributed by atoms with Gasteiger partial charge in [-0.2, -0.15) is 5.10 Å². The molecule has 2 aromatic rings. The molecule has 0 unspecified atom stereocenters. The number of hydrogen-bond acceptors (Lipinski definition) is 4. The summed E-state index contributed by atoms with van der Waals surface area (Å²) >= 11 is 0. The average Bonchev–Trinajstić information content (AvgIpc) is 3.02. The third kappa shape index (κ3) is 2.59. The van der Waals surface area contributed by atoms with Crippen molar-refractivity contribution >= 4 is 16.9 Å². The normalized spacial score (nSPS) is 26.8. The van der Waals surface area contributed by atoms with Crippen LogP contribution >= 0.6 is 0 Å². The molecule has 2 aliphatic rings. The number of carbonyl (C=O) groups excluding carboxylic acids is 1. The number of fused-ring (bicyclic) bond motifs is 3. The highest BCUT2D eigenvalue weighted by Gasteiger charge is 2.40. The summed E-state index contributed by atoms with van der Waals surface area (Å²) in [7, 11) is 2.16. The second-order valence-corrected chi connectivity index (χ2v) is 6.83. The minimum absolute atomic E-state index is 0.0451. The zero-order valence-corrected chi connectivity index (χ0v) is 13.8. The van der Waals surface area contributed by atoms with Crippen LogP contribution in [0.2, 0.25) is 0 Å². The third-order valence-electron chi connectivity index (χ3n) is 5.48. The van der Waals surface area contributed by atoms with E-state index in [4.69, 9.17) is 4.74 Å². The van der Waals surface area contributed by atoms with Gasteiger partial charge in [0.2, 0.25) is 0 Å². The van der Waals surface area contributed by atoms with Gasteiger partial charge in [-0.3, -0.25) is 4.68 Å². The Hall–Kier alpha value is -1.95. The van der Waals surface area contributed by atoms with Gasteiger partial charge in [0.25, 0.3) is 0 Å². The van der Waals surface area contributed by atoms with E-state index in [1.54, 1.807) is 4.68 Å². The van der Waals surface area contributed by atoms with Gasteiger partial charge in [0, 0.05) is 30.3 Å². The number of para-hydroxylation sites is 1. The van der Waals surface area contributed by atoms with Crippen molar-refractivity contribution in [3.05, 3.63) is 30.0 Å². The van der Waals surface area contributed by atoms with E-state index in [0.29, 0.717) is 17.8 Å². The van der Waals surface area contributed by atoms with Gasteiger partial charge in [0.05, 0.1) is 12.1 Å². The Morgan fingerprint density at radius 2 is 2.00 bits per heavy atom. The van der Waals surface area contributed by atoms with Crippen LogP contribution in [0.4, 0.5) is 4.39 Å². The second kappa shape index (κ2) is 6.16. The van der Waals surface area contributed by atoms with Crippen molar-refractivity contribution in [1.29, 1.82) is 0 Å². The lowest BCUT2D eigenvalue weighted by Gasteiger charge is -2.35. The maximum Gasteiger partial charge on any atom is 0.359 e. The molecule has 0 saturated carbocycles. The van der Waals surface area contributed by atoms with E-state index < -0.39 is 12.6 Å². The van der Waals surface area contributed by atoms with Gasteiger partial charge < -0.3 is 9.64 Å². The van der Waals surface area contributed by atoms with Crippen LogP contribution in [0.15, 0.2) is 24.3 Å². The molecule has 1 aromatic carbocycles. The van der Waals surface area contributed by atoms with Crippen molar-refractivity contribution in [2.45, 2.75) is 50.4 Å². The molecule has 128 valence electrons. The van der Waals surface area contributed by atoms with E-state index in [1.807, 2.05) is 24.3 Å². The van der Waals surface area contributed by atoms with Crippen molar-refractivity contribution < 1.29 is 13.9 Å². The smallest absolute Gasteiger partial charge is 0.359 e. The van der Waals surface area contributed by atoms with Crippen LogP contribution in [0.25, 0.3) is 10.9 Å². The standard InChI is InChI=1S/C18H22FN3O2/c1-21-12-6-7-13(21)11-14(10-12)24-18(23)17-15-4-2-3-5-16(15)22(20-17)9-8-19/h2-5,12-14H,6-11H2,1H3/t12-,13+,14-. The highest BCUT2D eigenvalue weighted by molar-refractivity contribution is 6.02. The number of aryl methyl sites for hydroxylation is 1. The van der Waals surface area contributed by atoms with Crippen LogP contribution in [-0.4, -0.2) is 52.6 Å². The molecule has 3 heterocycles. The molecule has 2 saturated heterocycles. The van der Waals surface area contributed by atoms with E-state index in [1.165, 1.54) is 12.8 Å². The molecular formula is C18H22FN3O2. The van der Waals surface area contributed by atoms with Crippen LogP contribution in [-0.2, 0) is 11.3 Å².